The van der Waals surface area contributed by atoms with E-state index in [0.29, 0.717) is 5.16 Å². The Kier molecular flexibility index (Phi) is 6.45. The molecule has 3 aromatic carbocycles. The number of aromatic nitrogens is 4. The summed E-state index contributed by atoms with van der Waals surface area (Å²) in [5.74, 6) is 0.666. The molecule has 0 aliphatic heterocycles. The molecule has 35 heavy (non-hydrogen) atoms. The van der Waals surface area contributed by atoms with E-state index in [2.05, 4.69) is 56.9 Å². The number of benzene rings is 3. The fourth-order valence-corrected chi connectivity index (χ4v) is 4.46. The zero-order chi connectivity index (χ0) is 24.2. The van der Waals surface area contributed by atoms with E-state index in [0.717, 1.165) is 33.5 Å². The molecule has 1 amide bonds. The van der Waals surface area contributed by atoms with Crippen molar-refractivity contribution < 1.29 is 4.79 Å². The Labute approximate surface area is 207 Å². The monoisotopic (exact) mass is 480 g/mol. The highest BCUT2D eigenvalue weighted by molar-refractivity contribution is 7.99. The molecule has 174 valence electrons. The molecule has 0 saturated carbocycles. The summed E-state index contributed by atoms with van der Waals surface area (Å²) in [7, 11) is 0. The third-order valence-electron chi connectivity index (χ3n) is 5.58. The summed E-state index contributed by atoms with van der Waals surface area (Å²) in [5.41, 5.74) is 8.79. The molecule has 0 atom stereocenters. The molecular formula is C27H24N6OS. The maximum absolute atomic E-state index is 12.5. The molecule has 7 nitrogen and oxygen atoms in total. The van der Waals surface area contributed by atoms with Gasteiger partial charge in [-0.15, -0.1) is 10.2 Å². The first kappa shape index (κ1) is 22.6. The van der Waals surface area contributed by atoms with Gasteiger partial charge in [-0.1, -0.05) is 77.5 Å². The summed E-state index contributed by atoms with van der Waals surface area (Å²) in [6, 6.07) is 24.3. The fourth-order valence-electron chi connectivity index (χ4n) is 3.72. The topological polar surface area (TPSA) is 88.0 Å². The van der Waals surface area contributed by atoms with Crippen molar-refractivity contribution in [3.63, 3.8) is 0 Å². The minimum Gasteiger partial charge on any atom is -0.361 e. The van der Waals surface area contributed by atoms with Crippen LogP contribution in [0.2, 0.25) is 0 Å². The predicted octanol–water partition coefficient (Wildman–Crippen LogP) is 5.27. The lowest BCUT2D eigenvalue weighted by atomic mass is 10.1. The quantitative estimate of drug-likeness (QED) is 0.189. The molecule has 2 N–H and O–H groups in total. The molecule has 0 saturated heterocycles. The predicted molar refractivity (Wildman–Crippen MR) is 141 cm³/mol. The van der Waals surface area contributed by atoms with Crippen LogP contribution in [-0.2, 0) is 4.79 Å². The fraction of sp³-hybridized carbons (Fsp3) is 0.111. The maximum Gasteiger partial charge on any atom is 0.250 e. The largest absolute Gasteiger partial charge is 0.361 e. The van der Waals surface area contributed by atoms with Gasteiger partial charge in [-0.25, -0.2) is 5.43 Å². The second-order valence-corrected chi connectivity index (χ2v) is 9.16. The highest BCUT2D eigenvalue weighted by Gasteiger charge is 2.17. The molecular weight excluding hydrogens is 456 g/mol. The number of amides is 1. The van der Waals surface area contributed by atoms with Gasteiger partial charge in [0.2, 0.25) is 0 Å². The molecule has 8 heteroatoms. The minimum absolute atomic E-state index is 0.156. The van der Waals surface area contributed by atoms with E-state index in [9.17, 15) is 4.79 Å². The van der Waals surface area contributed by atoms with Crippen molar-refractivity contribution in [2.45, 2.75) is 19.0 Å². The Morgan fingerprint density at radius 2 is 1.71 bits per heavy atom. The van der Waals surface area contributed by atoms with Crippen LogP contribution in [0.5, 0.6) is 0 Å². The number of rotatable bonds is 7. The van der Waals surface area contributed by atoms with Crippen molar-refractivity contribution in [1.82, 2.24) is 25.2 Å². The number of fused-ring (bicyclic) bond motifs is 1. The summed E-state index contributed by atoms with van der Waals surface area (Å²) in [4.78, 5) is 15.7. The number of H-pyrrole nitrogens is 1. The number of thioether (sulfide) groups is 1. The molecule has 0 radical (unpaired) electrons. The van der Waals surface area contributed by atoms with Crippen LogP contribution in [-0.4, -0.2) is 37.6 Å². The number of nitrogens with one attached hydrogen (secondary N) is 2. The van der Waals surface area contributed by atoms with Crippen molar-refractivity contribution in [2.75, 3.05) is 5.75 Å². The average molecular weight is 481 g/mol. The SMILES string of the molecule is Cc1ccc(-c2nnc(SCC(=O)N/N=C/c3c[nH]c4ccccc34)n2-c2ccc(C)cc2)cc1. The number of aryl methyl sites for hydroxylation is 2. The van der Waals surface area contributed by atoms with Crippen molar-refractivity contribution >= 4 is 34.8 Å². The van der Waals surface area contributed by atoms with Crippen LogP contribution in [0.3, 0.4) is 0 Å². The number of carbonyl (C=O) groups is 1. The lowest BCUT2D eigenvalue weighted by molar-refractivity contribution is -0.118. The van der Waals surface area contributed by atoms with Crippen LogP contribution < -0.4 is 5.43 Å². The Morgan fingerprint density at radius 3 is 2.49 bits per heavy atom. The van der Waals surface area contributed by atoms with E-state index < -0.39 is 0 Å². The smallest absolute Gasteiger partial charge is 0.250 e. The lowest BCUT2D eigenvalue weighted by Crippen LogP contribution is -2.20. The van der Waals surface area contributed by atoms with Gasteiger partial charge < -0.3 is 4.98 Å². The van der Waals surface area contributed by atoms with E-state index in [-0.39, 0.29) is 11.7 Å². The number of para-hydroxylation sites is 1. The van der Waals surface area contributed by atoms with E-state index >= 15 is 0 Å². The third-order valence-corrected chi connectivity index (χ3v) is 6.51. The molecule has 0 aliphatic rings. The van der Waals surface area contributed by atoms with E-state index in [1.807, 2.05) is 66.2 Å². The highest BCUT2D eigenvalue weighted by atomic mass is 32.2. The van der Waals surface area contributed by atoms with Gasteiger partial charge >= 0.3 is 0 Å². The summed E-state index contributed by atoms with van der Waals surface area (Å²) >= 11 is 1.32. The molecule has 2 aromatic heterocycles. The second-order valence-electron chi connectivity index (χ2n) is 8.21. The molecule has 0 aliphatic carbocycles. The molecule has 2 heterocycles. The summed E-state index contributed by atoms with van der Waals surface area (Å²) < 4.78 is 1.98. The first-order chi connectivity index (χ1) is 17.1. The molecule has 5 aromatic rings. The molecule has 5 rings (SSSR count). The number of hydrazone groups is 1. The molecule has 0 unspecified atom stereocenters. The molecule has 0 spiro atoms. The van der Waals surface area contributed by atoms with Gasteiger partial charge in [0.15, 0.2) is 11.0 Å². The zero-order valence-electron chi connectivity index (χ0n) is 19.4. The van der Waals surface area contributed by atoms with Crippen LogP contribution in [0.25, 0.3) is 28.0 Å². The molecule has 0 bridgehead atoms. The van der Waals surface area contributed by atoms with E-state index in [1.54, 1.807) is 6.21 Å². The van der Waals surface area contributed by atoms with Gasteiger partial charge in [-0.2, -0.15) is 5.10 Å². The van der Waals surface area contributed by atoms with E-state index in [4.69, 9.17) is 0 Å². The number of aromatic amines is 1. The minimum atomic E-state index is -0.221. The normalized spacial score (nSPS) is 11.4. The Morgan fingerprint density at radius 1 is 1.00 bits per heavy atom. The van der Waals surface area contributed by atoms with Crippen molar-refractivity contribution in [3.05, 3.63) is 95.7 Å². The summed E-state index contributed by atoms with van der Waals surface area (Å²) in [5, 5.41) is 14.7. The van der Waals surface area contributed by atoms with Gasteiger partial charge in [-0.05, 0) is 32.0 Å². The van der Waals surface area contributed by atoms with Crippen LogP contribution in [0, 0.1) is 13.8 Å². The Balaban J connectivity index is 1.32. The first-order valence-corrected chi connectivity index (χ1v) is 12.2. The van der Waals surface area contributed by atoms with E-state index in [1.165, 1.54) is 22.9 Å². The Bertz CT molecular complexity index is 1500. The maximum atomic E-state index is 12.5. The van der Waals surface area contributed by atoms with Gasteiger partial charge in [-0.3, -0.25) is 9.36 Å². The standard InChI is InChI=1S/C27H24N6OS/c1-18-7-11-20(12-8-18)26-31-32-27(33(26)22-13-9-19(2)10-14-22)35-17-25(34)30-29-16-21-15-28-24-6-4-3-5-23(21)24/h3-16,28H,17H2,1-2H3,(H,30,34)/b29-16+. The van der Waals surface area contributed by atoms with Crippen molar-refractivity contribution in [2.24, 2.45) is 5.10 Å². The van der Waals surface area contributed by atoms with Gasteiger partial charge in [0.05, 0.1) is 12.0 Å². The number of hydrogen-bond donors (Lipinski definition) is 2. The number of hydrogen-bond acceptors (Lipinski definition) is 5. The first-order valence-electron chi connectivity index (χ1n) is 11.2. The second kappa shape index (κ2) is 9.99. The van der Waals surface area contributed by atoms with Gasteiger partial charge in [0.25, 0.3) is 5.91 Å². The number of nitrogens with zero attached hydrogens (tertiary/aromatic N) is 4. The number of carbonyl (C=O) groups excluding carboxylic acids is 1. The van der Waals surface area contributed by atoms with Gasteiger partial charge in [0.1, 0.15) is 0 Å². The van der Waals surface area contributed by atoms with Gasteiger partial charge in [0, 0.05) is 33.9 Å². The van der Waals surface area contributed by atoms with Crippen LogP contribution >= 0.6 is 11.8 Å². The lowest BCUT2D eigenvalue weighted by Gasteiger charge is -2.11. The zero-order valence-corrected chi connectivity index (χ0v) is 20.2. The summed E-state index contributed by atoms with van der Waals surface area (Å²) in [6.45, 7) is 4.10. The van der Waals surface area contributed by atoms with Crippen LogP contribution in [0.4, 0.5) is 0 Å². The average Bonchev–Trinajstić information content (AvgIpc) is 3.48. The van der Waals surface area contributed by atoms with Crippen LogP contribution in [0.1, 0.15) is 16.7 Å². The highest BCUT2D eigenvalue weighted by Crippen LogP contribution is 2.28. The third kappa shape index (κ3) is 5.02. The Hall–Kier alpha value is -4.17. The van der Waals surface area contributed by atoms with Crippen molar-refractivity contribution in [1.29, 1.82) is 0 Å². The van der Waals surface area contributed by atoms with Crippen LogP contribution in [0.15, 0.2) is 89.3 Å². The van der Waals surface area contributed by atoms with Crippen molar-refractivity contribution in [3.8, 4) is 17.1 Å². The summed E-state index contributed by atoms with van der Waals surface area (Å²) in [6.07, 6.45) is 3.51. The molecule has 0 fully saturated rings.